The van der Waals surface area contributed by atoms with Crippen molar-refractivity contribution in [2.24, 2.45) is 11.8 Å². The molecule has 1 heterocycles. The van der Waals surface area contributed by atoms with Crippen molar-refractivity contribution in [2.75, 3.05) is 0 Å². The Morgan fingerprint density at radius 1 is 1.00 bits per heavy atom. The van der Waals surface area contributed by atoms with Crippen molar-refractivity contribution in [1.29, 1.82) is 0 Å². The lowest BCUT2D eigenvalue weighted by Gasteiger charge is -2.07. The number of aromatic nitrogens is 1. The third-order valence-corrected chi connectivity index (χ3v) is 3.06. The molecule has 0 fully saturated rings. The van der Waals surface area contributed by atoms with Gasteiger partial charge in [0.25, 0.3) is 0 Å². The first-order valence-electron chi connectivity index (χ1n) is 6.64. The molecule has 92 valence electrons. The van der Waals surface area contributed by atoms with Gasteiger partial charge in [0.1, 0.15) is 0 Å². The molecule has 0 N–H and O–H groups in total. The number of hydrogen-bond acceptors (Lipinski definition) is 0. The Bertz CT molecular complexity index is 447. The molecule has 1 nitrogen and oxygen atoms in total. The predicted octanol–water partition coefficient (Wildman–Crippen LogP) is 4.50. The van der Waals surface area contributed by atoms with E-state index in [1.807, 2.05) is 0 Å². The van der Waals surface area contributed by atoms with Crippen LogP contribution in [0, 0.1) is 11.8 Å². The zero-order valence-electron chi connectivity index (χ0n) is 11.4. The van der Waals surface area contributed by atoms with Crippen molar-refractivity contribution in [3.63, 3.8) is 0 Å². The topological polar surface area (TPSA) is 4.93 Å². The summed E-state index contributed by atoms with van der Waals surface area (Å²) in [6.45, 7) is 10.2. The Kier molecular flexibility index (Phi) is 3.56. The van der Waals surface area contributed by atoms with Crippen molar-refractivity contribution >= 4 is 10.9 Å². The fourth-order valence-corrected chi connectivity index (χ4v) is 2.47. The van der Waals surface area contributed by atoms with Gasteiger partial charge < -0.3 is 4.57 Å². The third kappa shape index (κ3) is 2.71. The van der Waals surface area contributed by atoms with Crippen LogP contribution < -0.4 is 0 Å². The lowest BCUT2D eigenvalue weighted by Crippen LogP contribution is -2.02. The van der Waals surface area contributed by atoms with Crippen LogP contribution >= 0.6 is 0 Å². The molecule has 17 heavy (non-hydrogen) atoms. The number of benzene rings is 1. The molecule has 0 aliphatic heterocycles. The highest BCUT2D eigenvalue weighted by atomic mass is 15.0. The summed E-state index contributed by atoms with van der Waals surface area (Å²) in [6, 6.07) is 8.77. The molecular formula is C16H23N. The van der Waals surface area contributed by atoms with E-state index in [1.54, 1.807) is 0 Å². The number of hydrogen-bond donors (Lipinski definition) is 0. The third-order valence-electron chi connectivity index (χ3n) is 3.06. The highest BCUT2D eigenvalue weighted by molar-refractivity contribution is 5.84. The monoisotopic (exact) mass is 229 g/mol. The van der Waals surface area contributed by atoms with Crippen molar-refractivity contribution < 1.29 is 0 Å². The van der Waals surface area contributed by atoms with Crippen molar-refractivity contribution in [3.8, 4) is 0 Å². The molecule has 2 aromatic rings. The lowest BCUT2D eigenvalue weighted by molar-refractivity contribution is 0.533. The van der Waals surface area contributed by atoms with Crippen LogP contribution in [0.4, 0.5) is 0 Å². The molecule has 1 aromatic heterocycles. The summed E-state index contributed by atoms with van der Waals surface area (Å²) in [7, 11) is 0. The largest absolute Gasteiger partial charge is 0.347 e. The van der Waals surface area contributed by atoms with Gasteiger partial charge in [0.15, 0.2) is 0 Å². The van der Waals surface area contributed by atoms with E-state index in [4.69, 9.17) is 0 Å². The van der Waals surface area contributed by atoms with Crippen LogP contribution in [0.1, 0.15) is 33.3 Å². The Balaban J connectivity index is 2.46. The number of para-hydroxylation sites is 1. The van der Waals surface area contributed by atoms with E-state index >= 15 is 0 Å². The van der Waals surface area contributed by atoms with E-state index in [2.05, 4.69) is 62.7 Å². The van der Waals surface area contributed by atoms with E-state index in [0.29, 0.717) is 11.8 Å². The Labute approximate surface area is 104 Å². The van der Waals surface area contributed by atoms with Gasteiger partial charge in [-0.15, -0.1) is 0 Å². The second-order valence-corrected chi connectivity index (χ2v) is 5.82. The molecule has 0 spiro atoms. The summed E-state index contributed by atoms with van der Waals surface area (Å²) >= 11 is 0. The Hall–Kier alpha value is -1.24. The quantitative estimate of drug-likeness (QED) is 0.727. The van der Waals surface area contributed by atoms with Gasteiger partial charge in [-0.1, -0.05) is 45.9 Å². The van der Waals surface area contributed by atoms with Crippen molar-refractivity contribution in [1.82, 2.24) is 4.57 Å². The minimum Gasteiger partial charge on any atom is -0.347 e. The Morgan fingerprint density at radius 2 is 1.71 bits per heavy atom. The van der Waals surface area contributed by atoms with Gasteiger partial charge in [-0.3, -0.25) is 0 Å². The molecule has 1 aromatic carbocycles. The lowest BCUT2D eigenvalue weighted by atomic mass is 10.0. The van der Waals surface area contributed by atoms with Crippen LogP contribution in [0.3, 0.4) is 0 Å². The molecule has 0 saturated heterocycles. The van der Waals surface area contributed by atoms with Gasteiger partial charge in [-0.25, -0.2) is 0 Å². The maximum atomic E-state index is 2.41. The fourth-order valence-electron chi connectivity index (χ4n) is 2.47. The van der Waals surface area contributed by atoms with E-state index < -0.39 is 0 Å². The predicted molar refractivity (Wildman–Crippen MR) is 75.3 cm³/mol. The molecule has 0 saturated carbocycles. The van der Waals surface area contributed by atoms with Gasteiger partial charge in [-0.05, 0) is 29.9 Å². The smallest absolute Gasteiger partial charge is 0.0483 e. The molecule has 0 aliphatic carbocycles. The average Bonchev–Trinajstić information content (AvgIpc) is 2.56. The number of fused-ring (bicyclic) bond motifs is 1. The highest BCUT2D eigenvalue weighted by Crippen LogP contribution is 2.24. The normalized spacial score (nSPS) is 11.9. The first-order valence-corrected chi connectivity index (χ1v) is 6.64. The van der Waals surface area contributed by atoms with E-state index in [0.717, 1.165) is 6.54 Å². The summed E-state index contributed by atoms with van der Waals surface area (Å²) in [5.74, 6) is 1.41. The summed E-state index contributed by atoms with van der Waals surface area (Å²) < 4.78 is 2.41. The fraction of sp³-hybridized carbons (Fsp3) is 0.500. The standard InChI is InChI=1S/C16H23N/c1-12(2)9-14-11-17(10-13(3)4)16-8-6-5-7-15(14)16/h5-8,11-13H,9-10H2,1-4H3. The van der Waals surface area contributed by atoms with Crippen LogP contribution in [0.2, 0.25) is 0 Å². The first-order chi connectivity index (χ1) is 8.08. The molecule has 0 aliphatic rings. The van der Waals surface area contributed by atoms with E-state index in [1.165, 1.54) is 22.9 Å². The molecule has 1 heteroatoms. The first kappa shape index (κ1) is 12.2. The van der Waals surface area contributed by atoms with Gasteiger partial charge in [-0.2, -0.15) is 0 Å². The summed E-state index contributed by atoms with van der Waals surface area (Å²) in [4.78, 5) is 0. The SMILES string of the molecule is CC(C)Cc1cn(CC(C)C)c2ccccc12. The van der Waals surface area contributed by atoms with E-state index in [-0.39, 0.29) is 0 Å². The summed E-state index contributed by atoms with van der Waals surface area (Å²) in [6.07, 6.45) is 3.52. The zero-order valence-corrected chi connectivity index (χ0v) is 11.4. The molecule has 0 amide bonds. The second kappa shape index (κ2) is 4.95. The van der Waals surface area contributed by atoms with Gasteiger partial charge in [0.2, 0.25) is 0 Å². The minimum absolute atomic E-state index is 0.692. The van der Waals surface area contributed by atoms with Crippen LogP contribution in [-0.4, -0.2) is 4.57 Å². The molecule has 0 radical (unpaired) electrons. The molecule has 0 unspecified atom stereocenters. The second-order valence-electron chi connectivity index (χ2n) is 5.82. The van der Waals surface area contributed by atoms with E-state index in [9.17, 15) is 0 Å². The summed E-state index contributed by atoms with van der Waals surface area (Å²) in [5.41, 5.74) is 2.88. The summed E-state index contributed by atoms with van der Waals surface area (Å²) in [5, 5.41) is 1.43. The minimum atomic E-state index is 0.692. The van der Waals surface area contributed by atoms with Crippen molar-refractivity contribution in [2.45, 2.75) is 40.7 Å². The van der Waals surface area contributed by atoms with Crippen molar-refractivity contribution in [3.05, 3.63) is 36.0 Å². The molecule has 2 rings (SSSR count). The highest BCUT2D eigenvalue weighted by Gasteiger charge is 2.09. The van der Waals surface area contributed by atoms with Gasteiger partial charge >= 0.3 is 0 Å². The van der Waals surface area contributed by atoms with Crippen LogP contribution in [0.5, 0.6) is 0 Å². The molecular weight excluding hydrogens is 206 g/mol. The number of nitrogens with zero attached hydrogens (tertiary/aromatic N) is 1. The number of rotatable bonds is 4. The maximum absolute atomic E-state index is 2.41. The zero-order chi connectivity index (χ0) is 12.4. The van der Waals surface area contributed by atoms with Gasteiger partial charge in [0.05, 0.1) is 0 Å². The van der Waals surface area contributed by atoms with Crippen LogP contribution in [0.25, 0.3) is 10.9 Å². The molecule has 0 bridgehead atoms. The average molecular weight is 229 g/mol. The van der Waals surface area contributed by atoms with Crippen LogP contribution in [-0.2, 0) is 13.0 Å². The maximum Gasteiger partial charge on any atom is 0.0483 e. The molecule has 0 atom stereocenters. The Morgan fingerprint density at radius 3 is 2.35 bits per heavy atom. The van der Waals surface area contributed by atoms with Crippen LogP contribution in [0.15, 0.2) is 30.5 Å². The van der Waals surface area contributed by atoms with Gasteiger partial charge in [0, 0.05) is 23.6 Å².